The van der Waals surface area contributed by atoms with E-state index in [1.807, 2.05) is 24.3 Å². The van der Waals surface area contributed by atoms with Crippen LogP contribution in [-0.4, -0.2) is 50.0 Å². The third kappa shape index (κ3) is 3.44. The van der Waals surface area contributed by atoms with Gasteiger partial charge in [0.05, 0.1) is 24.1 Å². The lowest BCUT2D eigenvalue weighted by Gasteiger charge is -2.29. The van der Waals surface area contributed by atoms with E-state index >= 15 is 0 Å². The summed E-state index contributed by atoms with van der Waals surface area (Å²) < 4.78 is 5.12. The van der Waals surface area contributed by atoms with Gasteiger partial charge >= 0.3 is 0 Å². The van der Waals surface area contributed by atoms with Gasteiger partial charge in [0, 0.05) is 19.6 Å². The summed E-state index contributed by atoms with van der Waals surface area (Å²) in [5, 5.41) is 12.6. The molecule has 0 saturated carbocycles. The predicted molar refractivity (Wildman–Crippen MR) is 73.2 cm³/mol. The number of carbonyl (C=O) groups excluding carboxylic acids is 1. The van der Waals surface area contributed by atoms with Crippen molar-refractivity contribution in [3.05, 3.63) is 24.3 Å². The zero-order chi connectivity index (χ0) is 13.7. The van der Waals surface area contributed by atoms with Gasteiger partial charge < -0.3 is 25.8 Å². The summed E-state index contributed by atoms with van der Waals surface area (Å²) in [5.74, 6) is -0.0557. The summed E-state index contributed by atoms with van der Waals surface area (Å²) >= 11 is 0. The van der Waals surface area contributed by atoms with Crippen LogP contribution in [0.25, 0.3) is 0 Å². The number of nitrogens with two attached hydrogens (primary N) is 1. The molecule has 1 amide bonds. The number of amides is 1. The second-order valence-electron chi connectivity index (χ2n) is 4.39. The fourth-order valence-corrected chi connectivity index (χ4v) is 1.94. The van der Waals surface area contributed by atoms with Gasteiger partial charge in [0.1, 0.15) is 6.61 Å². The van der Waals surface area contributed by atoms with Gasteiger partial charge in [-0.25, -0.2) is 0 Å². The standard InChI is InChI=1S/C13H19N3O3/c14-7-10(17)8-15-11-3-1-2-4-12(11)16-5-6-19-9-13(16)18/h1-4,10,15,17H,5-9,14H2. The summed E-state index contributed by atoms with van der Waals surface area (Å²) in [4.78, 5) is 13.5. The number of anilines is 2. The fourth-order valence-electron chi connectivity index (χ4n) is 1.94. The third-order valence-electron chi connectivity index (χ3n) is 2.98. The molecule has 6 heteroatoms. The Morgan fingerprint density at radius 1 is 1.47 bits per heavy atom. The molecule has 1 fully saturated rings. The molecule has 0 aromatic heterocycles. The Morgan fingerprint density at radius 3 is 3.00 bits per heavy atom. The van der Waals surface area contributed by atoms with Gasteiger partial charge in [0.15, 0.2) is 0 Å². The molecule has 0 bridgehead atoms. The van der Waals surface area contributed by atoms with Crippen LogP contribution in [0.5, 0.6) is 0 Å². The van der Waals surface area contributed by atoms with Gasteiger partial charge in [-0.15, -0.1) is 0 Å². The molecule has 19 heavy (non-hydrogen) atoms. The maximum absolute atomic E-state index is 11.8. The summed E-state index contributed by atoms with van der Waals surface area (Å²) in [6, 6.07) is 7.51. The first-order valence-corrected chi connectivity index (χ1v) is 6.31. The monoisotopic (exact) mass is 265 g/mol. The molecule has 1 aliphatic rings. The number of carbonyl (C=O) groups is 1. The Bertz CT molecular complexity index is 439. The number of nitrogens with one attached hydrogen (secondary N) is 1. The van der Waals surface area contributed by atoms with Crippen molar-refractivity contribution in [2.75, 3.05) is 43.1 Å². The first-order valence-electron chi connectivity index (χ1n) is 6.31. The minimum Gasteiger partial charge on any atom is -0.390 e. The van der Waals surface area contributed by atoms with Crippen LogP contribution < -0.4 is 16.0 Å². The molecule has 6 nitrogen and oxygen atoms in total. The van der Waals surface area contributed by atoms with Crippen LogP contribution in [-0.2, 0) is 9.53 Å². The lowest BCUT2D eigenvalue weighted by molar-refractivity contribution is -0.125. The van der Waals surface area contributed by atoms with E-state index in [1.165, 1.54) is 0 Å². The normalized spacial score (nSPS) is 17.4. The lowest BCUT2D eigenvalue weighted by Crippen LogP contribution is -2.42. The zero-order valence-electron chi connectivity index (χ0n) is 10.7. The smallest absolute Gasteiger partial charge is 0.253 e. The van der Waals surface area contributed by atoms with E-state index in [4.69, 9.17) is 10.5 Å². The molecular formula is C13H19N3O3. The molecule has 2 rings (SSSR count). The van der Waals surface area contributed by atoms with E-state index < -0.39 is 6.10 Å². The van der Waals surface area contributed by atoms with Crippen molar-refractivity contribution in [3.63, 3.8) is 0 Å². The molecule has 104 valence electrons. The van der Waals surface area contributed by atoms with Crippen molar-refractivity contribution in [2.45, 2.75) is 6.10 Å². The SMILES string of the molecule is NCC(O)CNc1ccccc1N1CCOCC1=O. The maximum atomic E-state index is 11.8. The van der Waals surface area contributed by atoms with Crippen molar-refractivity contribution < 1.29 is 14.6 Å². The second-order valence-corrected chi connectivity index (χ2v) is 4.39. The molecule has 0 radical (unpaired) electrons. The highest BCUT2D eigenvalue weighted by molar-refractivity contribution is 5.97. The number of morpholine rings is 1. The quantitative estimate of drug-likeness (QED) is 0.685. The molecule has 1 unspecified atom stereocenters. The predicted octanol–water partition coefficient (Wildman–Crippen LogP) is -0.219. The minimum absolute atomic E-state index is 0.0557. The summed E-state index contributed by atoms with van der Waals surface area (Å²) in [7, 11) is 0. The number of hydrogen-bond acceptors (Lipinski definition) is 5. The number of aliphatic hydroxyl groups is 1. The molecule has 1 aromatic carbocycles. The van der Waals surface area contributed by atoms with Crippen LogP contribution in [0.1, 0.15) is 0 Å². The topological polar surface area (TPSA) is 87.8 Å². The van der Waals surface area contributed by atoms with Crippen molar-refractivity contribution in [2.24, 2.45) is 5.73 Å². The molecule has 0 spiro atoms. The second kappa shape index (κ2) is 6.51. The highest BCUT2D eigenvalue weighted by Gasteiger charge is 2.22. The Balaban J connectivity index is 2.13. The van der Waals surface area contributed by atoms with Crippen LogP contribution in [0.4, 0.5) is 11.4 Å². The molecule has 1 aliphatic heterocycles. The average Bonchev–Trinajstić information content (AvgIpc) is 2.45. The number of ether oxygens (including phenoxy) is 1. The Kier molecular flexibility index (Phi) is 4.73. The minimum atomic E-state index is -0.603. The van der Waals surface area contributed by atoms with Crippen molar-refractivity contribution in [3.8, 4) is 0 Å². The van der Waals surface area contributed by atoms with Gasteiger partial charge in [-0.1, -0.05) is 12.1 Å². The first kappa shape index (κ1) is 13.8. The molecule has 1 atom stereocenters. The zero-order valence-corrected chi connectivity index (χ0v) is 10.7. The van der Waals surface area contributed by atoms with Crippen LogP contribution >= 0.6 is 0 Å². The molecule has 4 N–H and O–H groups in total. The van der Waals surface area contributed by atoms with E-state index in [0.717, 1.165) is 11.4 Å². The van der Waals surface area contributed by atoms with Gasteiger partial charge in [0.2, 0.25) is 0 Å². The van der Waals surface area contributed by atoms with Crippen molar-refractivity contribution >= 4 is 17.3 Å². The summed E-state index contributed by atoms with van der Waals surface area (Å²) in [6.45, 7) is 1.74. The number of aliphatic hydroxyl groups excluding tert-OH is 1. The van der Waals surface area contributed by atoms with Gasteiger partial charge in [-0.05, 0) is 12.1 Å². The number of nitrogens with zero attached hydrogens (tertiary/aromatic N) is 1. The van der Waals surface area contributed by atoms with Gasteiger partial charge in [-0.2, -0.15) is 0 Å². The average molecular weight is 265 g/mol. The largest absolute Gasteiger partial charge is 0.390 e. The molecular weight excluding hydrogens is 246 g/mol. The molecule has 1 aromatic rings. The molecule has 0 aliphatic carbocycles. The fraction of sp³-hybridized carbons (Fsp3) is 0.462. The Morgan fingerprint density at radius 2 is 2.26 bits per heavy atom. The number of para-hydroxylation sites is 2. The summed E-state index contributed by atoms with van der Waals surface area (Å²) in [5.41, 5.74) is 6.98. The van der Waals surface area contributed by atoms with E-state index in [0.29, 0.717) is 19.7 Å². The highest BCUT2D eigenvalue weighted by Crippen LogP contribution is 2.26. The molecule has 1 heterocycles. The van der Waals surface area contributed by atoms with Gasteiger partial charge in [-0.3, -0.25) is 4.79 Å². The number of benzene rings is 1. The Labute approximate surface area is 112 Å². The highest BCUT2D eigenvalue weighted by atomic mass is 16.5. The van der Waals surface area contributed by atoms with Crippen LogP contribution in [0.2, 0.25) is 0 Å². The van der Waals surface area contributed by atoms with E-state index in [9.17, 15) is 9.90 Å². The molecule has 1 saturated heterocycles. The number of rotatable bonds is 5. The lowest BCUT2D eigenvalue weighted by atomic mass is 10.2. The van der Waals surface area contributed by atoms with Crippen LogP contribution in [0, 0.1) is 0 Å². The van der Waals surface area contributed by atoms with E-state index in [2.05, 4.69) is 5.32 Å². The Hall–Kier alpha value is -1.63. The van der Waals surface area contributed by atoms with Gasteiger partial charge in [0.25, 0.3) is 5.91 Å². The van der Waals surface area contributed by atoms with E-state index in [1.54, 1.807) is 4.90 Å². The van der Waals surface area contributed by atoms with Crippen molar-refractivity contribution in [1.82, 2.24) is 0 Å². The summed E-state index contributed by atoms with van der Waals surface area (Å²) in [6.07, 6.45) is -0.603. The maximum Gasteiger partial charge on any atom is 0.253 e. The van der Waals surface area contributed by atoms with Crippen LogP contribution in [0.3, 0.4) is 0 Å². The van der Waals surface area contributed by atoms with Crippen LogP contribution in [0.15, 0.2) is 24.3 Å². The number of hydrogen-bond donors (Lipinski definition) is 3. The van der Waals surface area contributed by atoms with E-state index in [-0.39, 0.29) is 19.1 Å². The first-order chi connectivity index (χ1) is 9.22. The third-order valence-corrected chi connectivity index (χ3v) is 2.98. The van der Waals surface area contributed by atoms with Crippen molar-refractivity contribution in [1.29, 1.82) is 0 Å².